The Balaban J connectivity index is 0.000000253. The smallest absolute Gasteiger partial charge is 0.408 e. The van der Waals surface area contributed by atoms with Gasteiger partial charge in [-0.05, 0) is 97.7 Å². The van der Waals surface area contributed by atoms with E-state index in [0.29, 0.717) is 58.7 Å². The number of nitrogens with two attached hydrogens (primary N) is 2. The second kappa shape index (κ2) is 28.4. The average molecular weight is 1180 g/mol. The molecule has 6 heterocycles. The number of alkyl carbamates (subject to hydrolysis) is 2. The molecule has 0 unspecified atom stereocenters. The lowest BCUT2D eigenvalue weighted by Crippen LogP contribution is -2.36. The average Bonchev–Trinajstić information content (AvgIpc) is 4.05. The molecule has 380 valence electrons. The van der Waals surface area contributed by atoms with Crippen molar-refractivity contribution < 1.29 is 39.5 Å². The molecule has 0 bridgehead atoms. The second-order valence-electron chi connectivity index (χ2n) is 16.2. The van der Waals surface area contributed by atoms with E-state index in [2.05, 4.69) is 82.6 Å². The van der Waals surface area contributed by atoms with E-state index in [1.165, 1.54) is 59.5 Å². The van der Waals surface area contributed by atoms with Crippen LogP contribution in [0.3, 0.4) is 0 Å². The molecule has 0 aromatic carbocycles. The molecule has 6 aromatic heterocycles. The molecule has 0 saturated heterocycles. The topological polar surface area (TPSA) is 323 Å². The number of nitrogens with one attached hydrogen (secondary N) is 2. The van der Waals surface area contributed by atoms with Gasteiger partial charge >= 0.3 is 12.2 Å². The minimum absolute atomic E-state index is 0.124. The quantitative estimate of drug-likeness (QED) is 0.0630. The van der Waals surface area contributed by atoms with E-state index in [1.54, 1.807) is 65.8 Å². The highest BCUT2D eigenvalue weighted by atomic mass is 79.9. The molecule has 10 N–H and O–H groups in total. The fraction of sp³-hybridized carbons (Fsp3) is 0.381. The molecule has 0 spiro atoms. The molecule has 0 aliphatic rings. The van der Waals surface area contributed by atoms with Crippen molar-refractivity contribution in [3.63, 3.8) is 0 Å². The zero-order valence-corrected chi connectivity index (χ0v) is 44.6. The van der Waals surface area contributed by atoms with Gasteiger partial charge in [-0.1, -0.05) is 46.4 Å². The van der Waals surface area contributed by atoms with Crippen molar-refractivity contribution >= 4 is 90.5 Å². The van der Waals surface area contributed by atoms with Gasteiger partial charge < -0.3 is 52.0 Å². The van der Waals surface area contributed by atoms with Crippen LogP contribution < -0.4 is 22.1 Å². The van der Waals surface area contributed by atoms with Crippen LogP contribution in [0.15, 0.2) is 83.3 Å². The fourth-order valence-electron chi connectivity index (χ4n) is 5.06. The number of nitrogens with zero attached hydrogens (tertiary/aromatic N) is 10. The molecule has 0 radical (unpaired) electrons. The molecular formula is C42H52Br2Cl4N14O8. The van der Waals surface area contributed by atoms with Gasteiger partial charge in [-0.15, -0.1) is 0 Å². The minimum atomic E-state index is -0.732. The van der Waals surface area contributed by atoms with Crippen LogP contribution in [-0.4, -0.2) is 120 Å². The van der Waals surface area contributed by atoms with Crippen LogP contribution in [0.5, 0.6) is 0 Å². The molecule has 28 heteroatoms. The highest BCUT2D eigenvalue weighted by molar-refractivity contribution is 9.10. The van der Waals surface area contributed by atoms with E-state index in [9.17, 15) is 19.8 Å². The number of aromatic nitrogens is 10. The summed E-state index contributed by atoms with van der Waals surface area (Å²) in [7, 11) is 0. The molecule has 0 aliphatic heterocycles. The molecule has 0 saturated carbocycles. The number of rotatable bonds is 12. The van der Waals surface area contributed by atoms with E-state index in [0.717, 1.165) is 4.47 Å². The maximum atomic E-state index is 11.9. The Labute approximate surface area is 439 Å². The van der Waals surface area contributed by atoms with Gasteiger partial charge in [-0.2, -0.15) is 10.2 Å². The molecule has 0 fully saturated rings. The zero-order chi connectivity index (χ0) is 52.3. The van der Waals surface area contributed by atoms with Crippen LogP contribution in [0, 0.1) is 0 Å². The largest absolute Gasteiger partial charge is 0.444 e. The molecule has 6 rings (SSSR count). The van der Waals surface area contributed by atoms with Gasteiger partial charge in [-0.25, -0.2) is 28.9 Å². The number of aliphatic hydroxyl groups excluding tert-OH is 4. The first-order valence-electron chi connectivity index (χ1n) is 20.5. The Bertz CT molecular complexity index is 2580. The number of halogens is 6. The van der Waals surface area contributed by atoms with E-state index >= 15 is 0 Å². The standard InChI is InChI=1S/C14H18ClN5O3.C12H16BrClN2O3.C9H10ClN5O.C7H8BrClN2O/c1-14(2,3)23-13(22)19-11(6-21)10-4-12(9(15)5-17-10)20-8-16-7-18-20;1-12(2,3)19-11(18)16-10(6-17)9-4-7(13)8(14)5-15-9;10-6-2-13-8(7(11)3-16)1-9(6)15-5-12-4-14-15;8-4-1-7(6(10)3-12)11-2-5(4)9/h4-5,7-8,11,21H,6H2,1-3H3,(H,19,22);4-5,10,17H,6H2,1-3H3,(H,16,18);1-2,4-5,7,16H,3,11H2;1-2,6,12H,3,10H2/t11-;10-;7-;6-/m1111/s1. The van der Waals surface area contributed by atoms with Crippen LogP contribution >= 0.6 is 78.3 Å². The first-order valence-corrected chi connectivity index (χ1v) is 23.6. The van der Waals surface area contributed by atoms with E-state index in [4.69, 9.17) is 77.6 Å². The maximum absolute atomic E-state index is 11.9. The summed E-state index contributed by atoms with van der Waals surface area (Å²) >= 11 is 30.1. The summed E-state index contributed by atoms with van der Waals surface area (Å²) in [6.07, 6.45) is 10.4. The first kappa shape index (κ1) is 59.6. The van der Waals surface area contributed by atoms with Gasteiger partial charge in [0.15, 0.2) is 0 Å². The molecule has 2 amide bonds. The van der Waals surface area contributed by atoms with Gasteiger partial charge in [0.2, 0.25) is 0 Å². The summed E-state index contributed by atoms with van der Waals surface area (Å²) in [5, 5.41) is 51.4. The SMILES string of the molecule is CC(C)(C)OC(=O)N[C@H](CO)c1cc(-n2cncn2)c(Cl)cn1.CC(C)(C)OC(=O)N[C@H](CO)c1cc(Br)c(Cl)cn1.N[C@H](CO)c1cc(-n2cncn2)c(Cl)cn1.N[C@H](CO)c1cc(Br)c(Cl)cn1. The number of hydrogen-bond donors (Lipinski definition) is 8. The number of aliphatic hydroxyl groups is 4. The summed E-state index contributed by atoms with van der Waals surface area (Å²) < 4.78 is 14.6. The predicted molar refractivity (Wildman–Crippen MR) is 269 cm³/mol. The number of hydrogen-bond acceptors (Lipinski definition) is 18. The lowest BCUT2D eigenvalue weighted by molar-refractivity contribution is 0.0470. The third-order valence-electron chi connectivity index (χ3n) is 8.32. The molecular weight excluding hydrogens is 1130 g/mol. The molecule has 22 nitrogen and oxygen atoms in total. The van der Waals surface area contributed by atoms with Crippen molar-refractivity contribution in [2.45, 2.75) is 76.9 Å². The second-order valence-corrected chi connectivity index (χ2v) is 19.5. The zero-order valence-electron chi connectivity index (χ0n) is 38.4. The summed E-state index contributed by atoms with van der Waals surface area (Å²) in [6, 6.07) is 4.28. The number of carbonyl (C=O) groups is 2. The van der Waals surface area contributed by atoms with Crippen molar-refractivity contribution in [3.05, 3.63) is 126 Å². The van der Waals surface area contributed by atoms with Crippen LogP contribution in [0.1, 0.15) is 88.5 Å². The summed E-state index contributed by atoms with van der Waals surface area (Å²) in [4.78, 5) is 47.4. The number of pyridine rings is 4. The third kappa shape index (κ3) is 19.8. The normalized spacial score (nSPS) is 12.8. The third-order valence-corrected chi connectivity index (χ3v) is 11.3. The van der Waals surface area contributed by atoms with E-state index in [-0.39, 0.29) is 26.4 Å². The van der Waals surface area contributed by atoms with Crippen molar-refractivity contribution in [2.75, 3.05) is 26.4 Å². The van der Waals surface area contributed by atoms with Crippen molar-refractivity contribution in [3.8, 4) is 11.4 Å². The van der Waals surface area contributed by atoms with Crippen molar-refractivity contribution in [1.29, 1.82) is 0 Å². The van der Waals surface area contributed by atoms with Crippen LogP contribution in [0.4, 0.5) is 9.59 Å². The Morgan fingerprint density at radius 1 is 0.586 bits per heavy atom. The highest BCUT2D eigenvalue weighted by Gasteiger charge is 2.23. The van der Waals surface area contributed by atoms with Gasteiger partial charge in [0.25, 0.3) is 0 Å². The van der Waals surface area contributed by atoms with Gasteiger partial charge in [0.1, 0.15) is 36.5 Å². The van der Waals surface area contributed by atoms with Crippen molar-refractivity contribution in [2.24, 2.45) is 11.5 Å². The van der Waals surface area contributed by atoms with Gasteiger partial charge in [0, 0.05) is 33.7 Å². The van der Waals surface area contributed by atoms with Gasteiger partial charge in [-0.3, -0.25) is 19.9 Å². The number of ether oxygens (including phenoxy) is 2. The Morgan fingerprint density at radius 3 is 1.24 bits per heavy atom. The predicted octanol–water partition coefficient (Wildman–Crippen LogP) is 6.73. The Kier molecular flexibility index (Phi) is 24.2. The van der Waals surface area contributed by atoms with E-state index < -0.39 is 47.6 Å². The maximum Gasteiger partial charge on any atom is 0.408 e. The summed E-state index contributed by atoms with van der Waals surface area (Å²) in [6.45, 7) is 9.61. The van der Waals surface area contributed by atoms with Crippen LogP contribution in [0.2, 0.25) is 20.1 Å². The minimum Gasteiger partial charge on any atom is -0.444 e. The molecule has 4 atom stereocenters. The first-order chi connectivity index (χ1) is 32.9. The molecule has 6 aromatic rings. The fourth-order valence-corrected chi connectivity index (χ4v) is 6.32. The van der Waals surface area contributed by atoms with Crippen LogP contribution in [-0.2, 0) is 9.47 Å². The van der Waals surface area contributed by atoms with Gasteiger partial charge in [0.05, 0.1) is 105 Å². The number of carbonyl (C=O) groups excluding carboxylic acids is 2. The van der Waals surface area contributed by atoms with E-state index in [1.807, 2.05) is 0 Å². The van der Waals surface area contributed by atoms with Crippen LogP contribution in [0.25, 0.3) is 11.4 Å². The Hall–Kier alpha value is -4.70. The lowest BCUT2D eigenvalue weighted by atomic mass is 10.2. The summed E-state index contributed by atoms with van der Waals surface area (Å²) in [5.74, 6) is 0. The lowest BCUT2D eigenvalue weighted by Gasteiger charge is -2.22. The Morgan fingerprint density at radius 2 is 0.914 bits per heavy atom. The molecule has 0 aliphatic carbocycles. The monoisotopic (exact) mass is 1180 g/mol. The van der Waals surface area contributed by atoms with Crippen molar-refractivity contribution in [1.82, 2.24) is 60.1 Å². The highest BCUT2D eigenvalue weighted by Crippen LogP contribution is 2.26. The molecule has 70 heavy (non-hydrogen) atoms. The summed E-state index contributed by atoms with van der Waals surface area (Å²) in [5.41, 5.74) is 13.2. The number of amides is 2.